The summed E-state index contributed by atoms with van der Waals surface area (Å²) in [7, 11) is 0. The van der Waals surface area contributed by atoms with Crippen LogP contribution in [0.5, 0.6) is 0 Å². The lowest BCUT2D eigenvalue weighted by molar-refractivity contribution is -0.146. The van der Waals surface area contributed by atoms with Gasteiger partial charge in [-0.2, -0.15) is 0 Å². The first-order valence-corrected chi connectivity index (χ1v) is 7.46. The van der Waals surface area contributed by atoms with Gasteiger partial charge in [-0.3, -0.25) is 10.1 Å². The third-order valence-electron chi connectivity index (χ3n) is 3.93. The van der Waals surface area contributed by atoms with E-state index < -0.39 is 11.5 Å². The van der Waals surface area contributed by atoms with Gasteiger partial charge in [0.05, 0.1) is 6.10 Å². The van der Waals surface area contributed by atoms with Gasteiger partial charge in [0.25, 0.3) is 0 Å². The Balaban J connectivity index is 2.33. The molecule has 4 nitrogen and oxygen atoms in total. The summed E-state index contributed by atoms with van der Waals surface area (Å²) in [5.41, 5.74) is -0.913. The van der Waals surface area contributed by atoms with Crippen molar-refractivity contribution >= 4 is 5.97 Å². The molecular formula is C15H29NO3. The van der Waals surface area contributed by atoms with E-state index >= 15 is 0 Å². The summed E-state index contributed by atoms with van der Waals surface area (Å²) in [6, 6.07) is 0.142. The largest absolute Gasteiger partial charge is 0.480 e. The molecule has 0 aromatic carbocycles. The molecule has 0 aromatic heterocycles. The van der Waals surface area contributed by atoms with Crippen molar-refractivity contribution in [3.05, 3.63) is 0 Å². The van der Waals surface area contributed by atoms with Crippen molar-refractivity contribution < 1.29 is 14.6 Å². The van der Waals surface area contributed by atoms with Crippen LogP contribution >= 0.6 is 0 Å². The van der Waals surface area contributed by atoms with Gasteiger partial charge in [0.1, 0.15) is 5.54 Å². The zero-order valence-electron chi connectivity index (χ0n) is 12.7. The Labute approximate surface area is 116 Å². The highest BCUT2D eigenvalue weighted by molar-refractivity contribution is 5.78. The third-order valence-corrected chi connectivity index (χ3v) is 3.93. The number of carbonyl (C=O) groups is 1. The predicted molar refractivity (Wildman–Crippen MR) is 76.3 cm³/mol. The molecule has 0 heterocycles. The van der Waals surface area contributed by atoms with Gasteiger partial charge in [-0.05, 0) is 40.0 Å². The van der Waals surface area contributed by atoms with Crippen LogP contribution in [0.4, 0.5) is 0 Å². The number of aliphatic carboxylic acids is 1. The van der Waals surface area contributed by atoms with E-state index in [9.17, 15) is 9.90 Å². The maximum atomic E-state index is 11.4. The van der Waals surface area contributed by atoms with Crippen LogP contribution in [0, 0.1) is 5.92 Å². The molecule has 0 bridgehead atoms. The molecule has 0 radical (unpaired) electrons. The molecule has 1 saturated carbocycles. The molecule has 1 aliphatic rings. The second-order valence-electron chi connectivity index (χ2n) is 6.41. The highest BCUT2D eigenvalue weighted by Gasteiger charge is 2.35. The normalized spacial score (nSPS) is 20.9. The number of carboxylic acid groups (broad SMARTS) is 1. The highest BCUT2D eigenvalue weighted by atomic mass is 16.5. The smallest absolute Gasteiger partial charge is 0.323 e. The molecule has 1 fully saturated rings. The van der Waals surface area contributed by atoms with Crippen LogP contribution in [0.15, 0.2) is 0 Å². The first kappa shape index (κ1) is 16.4. The number of ether oxygens (including phenoxy) is 1. The second-order valence-corrected chi connectivity index (χ2v) is 6.41. The maximum absolute atomic E-state index is 11.4. The van der Waals surface area contributed by atoms with Crippen molar-refractivity contribution in [2.45, 2.75) is 77.5 Å². The average molecular weight is 271 g/mol. The van der Waals surface area contributed by atoms with Gasteiger partial charge in [0, 0.05) is 19.1 Å². The quantitative estimate of drug-likeness (QED) is 0.677. The van der Waals surface area contributed by atoms with Crippen molar-refractivity contribution in [3.63, 3.8) is 0 Å². The van der Waals surface area contributed by atoms with Crippen LogP contribution in [-0.4, -0.2) is 35.4 Å². The van der Waals surface area contributed by atoms with Crippen LogP contribution in [0.3, 0.4) is 0 Å². The van der Waals surface area contributed by atoms with E-state index in [0.29, 0.717) is 6.42 Å². The maximum Gasteiger partial charge on any atom is 0.323 e. The second kappa shape index (κ2) is 7.25. The standard InChI is InChI=1S/C15H29NO3/c1-11(2)16-15(4,14(17)18)10-12(3)19-9-8-13-6-5-7-13/h11-13,16H,5-10H2,1-4H3,(H,17,18). The van der Waals surface area contributed by atoms with E-state index in [-0.39, 0.29) is 12.1 Å². The molecule has 0 saturated heterocycles. The molecule has 2 unspecified atom stereocenters. The lowest BCUT2D eigenvalue weighted by atomic mass is 9.83. The summed E-state index contributed by atoms with van der Waals surface area (Å²) in [4.78, 5) is 11.4. The summed E-state index contributed by atoms with van der Waals surface area (Å²) < 4.78 is 5.77. The Kier molecular flexibility index (Phi) is 6.27. The lowest BCUT2D eigenvalue weighted by Gasteiger charge is -2.31. The summed E-state index contributed by atoms with van der Waals surface area (Å²) in [6.45, 7) is 8.38. The topological polar surface area (TPSA) is 58.6 Å². The van der Waals surface area contributed by atoms with Gasteiger partial charge in [-0.25, -0.2) is 0 Å². The van der Waals surface area contributed by atoms with Crippen molar-refractivity contribution in [3.8, 4) is 0 Å². The summed E-state index contributed by atoms with van der Waals surface area (Å²) in [5.74, 6) is 0.0301. The van der Waals surface area contributed by atoms with E-state index in [2.05, 4.69) is 5.32 Å². The van der Waals surface area contributed by atoms with Crippen molar-refractivity contribution in [1.82, 2.24) is 5.32 Å². The SMILES string of the molecule is CC(C)NC(C)(CC(C)OCCC1CCC1)C(=O)O. The van der Waals surface area contributed by atoms with E-state index in [1.165, 1.54) is 19.3 Å². The minimum Gasteiger partial charge on any atom is -0.480 e. The molecule has 0 spiro atoms. The Hall–Kier alpha value is -0.610. The van der Waals surface area contributed by atoms with Gasteiger partial charge < -0.3 is 9.84 Å². The van der Waals surface area contributed by atoms with E-state index in [1.807, 2.05) is 20.8 Å². The minimum absolute atomic E-state index is 0.0348. The summed E-state index contributed by atoms with van der Waals surface area (Å²) >= 11 is 0. The van der Waals surface area contributed by atoms with Gasteiger partial charge >= 0.3 is 5.97 Å². The number of hydrogen-bond donors (Lipinski definition) is 2. The molecule has 0 aliphatic heterocycles. The van der Waals surface area contributed by atoms with Crippen LogP contribution in [0.1, 0.15) is 59.8 Å². The molecule has 1 rings (SSSR count). The van der Waals surface area contributed by atoms with Crippen molar-refractivity contribution in [2.24, 2.45) is 5.92 Å². The monoisotopic (exact) mass is 271 g/mol. The van der Waals surface area contributed by atoms with Gasteiger partial charge in [0.15, 0.2) is 0 Å². The van der Waals surface area contributed by atoms with Crippen LogP contribution in [0.25, 0.3) is 0 Å². The zero-order chi connectivity index (χ0) is 14.5. The van der Waals surface area contributed by atoms with Gasteiger partial charge in [0.2, 0.25) is 0 Å². The van der Waals surface area contributed by atoms with Crippen LogP contribution in [-0.2, 0) is 9.53 Å². The molecule has 0 aromatic rings. The van der Waals surface area contributed by atoms with E-state index in [4.69, 9.17) is 4.74 Å². The van der Waals surface area contributed by atoms with Gasteiger partial charge in [-0.15, -0.1) is 0 Å². The molecule has 0 amide bonds. The molecule has 2 N–H and O–H groups in total. The molecule has 1 aliphatic carbocycles. The molecular weight excluding hydrogens is 242 g/mol. The summed E-state index contributed by atoms with van der Waals surface area (Å²) in [6.07, 6.45) is 5.60. The first-order valence-electron chi connectivity index (χ1n) is 7.46. The van der Waals surface area contributed by atoms with Crippen molar-refractivity contribution in [2.75, 3.05) is 6.61 Å². The van der Waals surface area contributed by atoms with E-state index in [0.717, 1.165) is 18.9 Å². The Morgan fingerprint density at radius 2 is 2.05 bits per heavy atom. The zero-order valence-corrected chi connectivity index (χ0v) is 12.7. The molecule has 4 heteroatoms. The highest BCUT2D eigenvalue weighted by Crippen LogP contribution is 2.29. The Bertz CT molecular complexity index is 289. The lowest BCUT2D eigenvalue weighted by Crippen LogP contribution is -2.54. The van der Waals surface area contributed by atoms with Gasteiger partial charge in [-0.1, -0.05) is 19.3 Å². The van der Waals surface area contributed by atoms with Crippen molar-refractivity contribution in [1.29, 1.82) is 0 Å². The molecule has 2 atom stereocenters. The predicted octanol–water partition coefficient (Wildman–Crippen LogP) is 2.81. The fourth-order valence-corrected chi connectivity index (χ4v) is 2.70. The molecule has 112 valence electrons. The van der Waals surface area contributed by atoms with Crippen LogP contribution in [0.2, 0.25) is 0 Å². The first-order chi connectivity index (χ1) is 8.83. The minimum atomic E-state index is -0.913. The van der Waals surface area contributed by atoms with E-state index in [1.54, 1.807) is 6.92 Å². The number of hydrogen-bond acceptors (Lipinski definition) is 3. The Morgan fingerprint density at radius 3 is 2.47 bits per heavy atom. The number of carboxylic acids is 1. The third kappa shape index (κ3) is 5.49. The average Bonchev–Trinajstić information content (AvgIpc) is 2.20. The van der Waals surface area contributed by atoms with Crippen LogP contribution < -0.4 is 5.32 Å². The summed E-state index contributed by atoms with van der Waals surface area (Å²) in [5, 5.41) is 12.5. The Morgan fingerprint density at radius 1 is 1.42 bits per heavy atom. The fraction of sp³-hybridized carbons (Fsp3) is 0.933. The fourth-order valence-electron chi connectivity index (χ4n) is 2.70. The number of nitrogens with one attached hydrogen (secondary N) is 1. The number of rotatable bonds is 9. The molecule has 19 heavy (non-hydrogen) atoms.